The van der Waals surface area contributed by atoms with Crippen LogP contribution < -0.4 is 5.32 Å². The highest BCUT2D eigenvalue weighted by atomic mass is 32.2. The zero-order valence-corrected chi connectivity index (χ0v) is 16.7. The summed E-state index contributed by atoms with van der Waals surface area (Å²) >= 11 is 2.72. The van der Waals surface area contributed by atoms with Crippen molar-refractivity contribution in [1.82, 2.24) is 10.3 Å². The summed E-state index contributed by atoms with van der Waals surface area (Å²) in [6, 6.07) is 4.60. The number of rotatable bonds is 6. The largest absolute Gasteiger partial charge is 0.350 e. The number of fused-ring (bicyclic) bond motifs is 1. The van der Waals surface area contributed by atoms with E-state index in [-0.39, 0.29) is 28.3 Å². The number of carbonyl (C=O) groups excluding carboxylic acids is 1. The molecule has 0 fully saturated rings. The Kier molecular flexibility index (Phi) is 5.73. The van der Waals surface area contributed by atoms with Gasteiger partial charge >= 0.3 is 0 Å². The number of thiazole rings is 1. The minimum absolute atomic E-state index is 0.0375. The molecule has 1 aromatic carbocycles. The van der Waals surface area contributed by atoms with E-state index < -0.39 is 4.92 Å². The van der Waals surface area contributed by atoms with Gasteiger partial charge in [-0.15, -0.1) is 11.3 Å². The Labute approximate surface area is 155 Å². The van der Waals surface area contributed by atoms with E-state index >= 15 is 0 Å². The summed E-state index contributed by atoms with van der Waals surface area (Å²) in [5.74, 6) is 0.236. The zero-order chi connectivity index (χ0) is 18.8. The molecule has 0 spiro atoms. The molecular formula is C17H23N3O3S2. The number of non-ortho nitro benzene ring substituents is 1. The second-order valence-electron chi connectivity index (χ2n) is 7.85. The van der Waals surface area contributed by atoms with Crippen molar-refractivity contribution in [2.24, 2.45) is 5.41 Å². The molecule has 1 aromatic heterocycles. The van der Waals surface area contributed by atoms with Crippen molar-refractivity contribution in [2.45, 2.75) is 50.9 Å². The molecule has 2 aromatic rings. The standard InChI is InChI=1S/C17H23N3O3S2/c1-16(2,3)10-17(4,5)19-14(21)9-24-15-18-12-7-6-11(20(22)23)8-13(12)25-15/h6-8H,9-10H2,1-5H3,(H,19,21). The summed E-state index contributed by atoms with van der Waals surface area (Å²) in [7, 11) is 0. The third kappa shape index (κ3) is 5.97. The fraction of sp³-hybridized carbons (Fsp3) is 0.529. The van der Waals surface area contributed by atoms with Crippen molar-refractivity contribution in [1.29, 1.82) is 0 Å². The van der Waals surface area contributed by atoms with Crippen LogP contribution in [0.3, 0.4) is 0 Å². The number of aromatic nitrogens is 1. The summed E-state index contributed by atoms with van der Waals surface area (Å²) in [6.45, 7) is 10.5. The molecule has 0 aliphatic heterocycles. The van der Waals surface area contributed by atoms with Gasteiger partial charge in [0.1, 0.15) is 0 Å². The molecule has 0 aliphatic carbocycles. The van der Waals surface area contributed by atoms with Gasteiger partial charge in [-0.3, -0.25) is 14.9 Å². The van der Waals surface area contributed by atoms with Crippen molar-refractivity contribution < 1.29 is 9.72 Å². The highest BCUT2D eigenvalue weighted by molar-refractivity contribution is 8.01. The molecule has 0 bridgehead atoms. The number of nitro groups is 1. The Bertz CT molecular complexity index is 794. The average Bonchev–Trinajstić information content (AvgIpc) is 2.83. The molecule has 0 saturated carbocycles. The highest BCUT2D eigenvalue weighted by Crippen LogP contribution is 2.32. The number of thioether (sulfide) groups is 1. The number of carbonyl (C=O) groups is 1. The molecule has 6 nitrogen and oxygen atoms in total. The van der Waals surface area contributed by atoms with Crippen LogP contribution in [0.15, 0.2) is 22.5 Å². The molecule has 1 amide bonds. The number of amides is 1. The lowest BCUT2D eigenvalue weighted by molar-refractivity contribution is -0.384. The number of nitro benzene ring substituents is 1. The van der Waals surface area contributed by atoms with Crippen LogP contribution in [0.25, 0.3) is 10.2 Å². The first kappa shape index (κ1) is 19.7. The number of nitrogens with one attached hydrogen (secondary N) is 1. The normalized spacial score (nSPS) is 12.4. The first-order chi connectivity index (χ1) is 11.5. The summed E-state index contributed by atoms with van der Waals surface area (Å²) in [5.41, 5.74) is 0.622. The van der Waals surface area contributed by atoms with Gasteiger partial charge in [-0.2, -0.15) is 0 Å². The van der Waals surface area contributed by atoms with E-state index in [0.717, 1.165) is 15.5 Å². The summed E-state index contributed by atoms with van der Waals surface area (Å²) in [5, 5.41) is 13.9. The van der Waals surface area contributed by atoms with Crippen LogP contribution in [0, 0.1) is 15.5 Å². The zero-order valence-electron chi connectivity index (χ0n) is 15.1. The van der Waals surface area contributed by atoms with Crippen LogP contribution >= 0.6 is 23.1 Å². The Balaban J connectivity index is 1.97. The van der Waals surface area contributed by atoms with Crippen molar-refractivity contribution in [3.63, 3.8) is 0 Å². The molecule has 0 unspecified atom stereocenters. The van der Waals surface area contributed by atoms with Crippen LogP contribution in [0.4, 0.5) is 5.69 Å². The van der Waals surface area contributed by atoms with Crippen LogP contribution in [-0.4, -0.2) is 27.1 Å². The van der Waals surface area contributed by atoms with Crippen LogP contribution in [0.1, 0.15) is 41.0 Å². The molecule has 0 aliphatic rings. The fourth-order valence-electron chi connectivity index (χ4n) is 2.98. The lowest BCUT2D eigenvalue weighted by Gasteiger charge is -2.33. The maximum Gasteiger partial charge on any atom is 0.270 e. The Hall–Kier alpha value is -1.67. The molecule has 0 saturated heterocycles. The average molecular weight is 382 g/mol. The molecule has 0 atom stereocenters. The Morgan fingerprint density at radius 1 is 1.32 bits per heavy atom. The highest BCUT2D eigenvalue weighted by Gasteiger charge is 2.27. The van der Waals surface area contributed by atoms with Gasteiger partial charge < -0.3 is 5.32 Å². The van der Waals surface area contributed by atoms with Gasteiger partial charge in [0.25, 0.3) is 5.69 Å². The molecule has 136 valence electrons. The van der Waals surface area contributed by atoms with E-state index in [4.69, 9.17) is 0 Å². The molecule has 8 heteroatoms. The van der Waals surface area contributed by atoms with Gasteiger partial charge in [0.05, 0.1) is 20.9 Å². The van der Waals surface area contributed by atoms with E-state index in [1.807, 2.05) is 13.8 Å². The van der Waals surface area contributed by atoms with Gasteiger partial charge in [-0.05, 0) is 31.7 Å². The molecule has 2 rings (SSSR count). The van der Waals surface area contributed by atoms with Crippen molar-refractivity contribution in [2.75, 3.05) is 5.75 Å². The molecular weight excluding hydrogens is 358 g/mol. The van der Waals surface area contributed by atoms with E-state index in [1.165, 1.54) is 35.2 Å². The van der Waals surface area contributed by atoms with Crippen molar-refractivity contribution in [3.8, 4) is 0 Å². The quantitative estimate of drug-likeness (QED) is 0.448. The molecule has 0 radical (unpaired) electrons. The van der Waals surface area contributed by atoms with Gasteiger partial charge in [-0.1, -0.05) is 32.5 Å². The van der Waals surface area contributed by atoms with Gasteiger partial charge in [0.2, 0.25) is 5.91 Å². The SMILES string of the molecule is CC(C)(C)CC(C)(C)NC(=O)CSc1nc2ccc([N+](=O)[O-])cc2s1. The summed E-state index contributed by atoms with van der Waals surface area (Å²) < 4.78 is 1.49. The van der Waals surface area contributed by atoms with Crippen LogP contribution in [0.2, 0.25) is 0 Å². The Morgan fingerprint density at radius 3 is 2.60 bits per heavy atom. The molecule has 1 heterocycles. The summed E-state index contributed by atoms with van der Waals surface area (Å²) in [6.07, 6.45) is 0.876. The molecule has 1 N–H and O–H groups in total. The Morgan fingerprint density at radius 2 is 2.00 bits per heavy atom. The third-order valence-electron chi connectivity index (χ3n) is 3.34. The van der Waals surface area contributed by atoms with Crippen LogP contribution in [-0.2, 0) is 4.79 Å². The topological polar surface area (TPSA) is 85.1 Å². The number of hydrogen-bond acceptors (Lipinski definition) is 6. The lowest BCUT2D eigenvalue weighted by atomic mass is 9.82. The van der Waals surface area contributed by atoms with Crippen LogP contribution in [0.5, 0.6) is 0 Å². The van der Waals surface area contributed by atoms with Gasteiger partial charge in [-0.25, -0.2) is 4.98 Å². The minimum Gasteiger partial charge on any atom is -0.350 e. The number of hydrogen-bond donors (Lipinski definition) is 1. The third-order valence-corrected chi connectivity index (χ3v) is 5.50. The smallest absolute Gasteiger partial charge is 0.270 e. The monoisotopic (exact) mass is 381 g/mol. The minimum atomic E-state index is -0.420. The van der Waals surface area contributed by atoms with Crippen molar-refractivity contribution in [3.05, 3.63) is 28.3 Å². The van der Waals surface area contributed by atoms with Gasteiger partial charge in [0.15, 0.2) is 4.34 Å². The van der Waals surface area contributed by atoms with Crippen molar-refractivity contribution >= 4 is 44.9 Å². The number of benzene rings is 1. The molecule has 25 heavy (non-hydrogen) atoms. The number of nitrogens with zero attached hydrogens (tertiary/aromatic N) is 2. The van der Waals surface area contributed by atoms with E-state index in [2.05, 4.69) is 31.1 Å². The second kappa shape index (κ2) is 7.29. The maximum atomic E-state index is 12.2. The first-order valence-electron chi connectivity index (χ1n) is 7.94. The maximum absolute atomic E-state index is 12.2. The fourth-order valence-corrected chi connectivity index (χ4v) is 4.88. The van der Waals surface area contributed by atoms with E-state index in [0.29, 0.717) is 5.52 Å². The van der Waals surface area contributed by atoms with E-state index in [9.17, 15) is 14.9 Å². The van der Waals surface area contributed by atoms with Gasteiger partial charge in [0, 0.05) is 17.7 Å². The summed E-state index contributed by atoms with van der Waals surface area (Å²) in [4.78, 5) is 27.1. The lowest BCUT2D eigenvalue weighted by Crippen LogP contribution is -2.46. The van der Waals surface area contributed by atoms with E-state index in [1.54, 1.807) is 6.07 Å². The predicted molar refractivity (Wildman–Crippen MR) is 103 cm³/mol. The first-order valence-corrected chi connectivity index (χ1v) is 9.74. The predicted octanol–water partition coefficient (Wildman–Crippen LogP) is 4.63. The second-order valence-corrected chi connectivity index (χ2v) is 10.1.